The number of hydrogen-bond donors (Lipinski definition) is 2. The van der Waals surface area contributed by atoms with Crippen molar-refractivity contribution in [2.75, 3.05) is 24.9 Å². The molecule has 0 saturated heterocycles. The number of nitrogens with one attached hydrogen (secondary N) is 2. The molecule has 0 radical (unpaired) electrons. The molecular formula is C15H19N5O4. The van der Waals surface area contributed by atoms with Crippen molar-refractivity contribution in [2.24, 2.45) is 0 Å². The number of aromatic nitrogens is 3. The minimum absolute atomic E-state index is 0.0514. The number of methoxy groups -OCH3 is 2. The molecule has 1 aromatic carbocycles. The van der Waals surface area contributed by atoms with Crippen LogP contribution in [-0.2, 0) is 16.1 Å². The normalized spacial score (nSPS) is 10.1. The first kappa shape index (κ1) is 17.3. The molecule has 2 aromatic rings. The smallest absolute Gasteiger partial charge is 0.246 e. The average molecular weight is 333 g/mol. The van der Waals surface area contributed by atoms with E-state index in [2.05, 4.69) is 20.9 Å². The number of carbonyl (C=O) groups is 2. The molecule has 9 nitrogen and oxygen atoms in total. The van der Waals surface area contributed by atoms with Gasteiger partial charge in [0.15, 0.2) is 5.82 Å². The van der Waals surface area contributed by atoms with Crippen LogP contribution < -0.4 is 20.1 Å². The molecule has 24 heavy (non-hydrogen) atoms. The number of rotatable bonds is 7. The van der Waals surface area contributed by atoms with Crippen molar-refractivity contribution in [3.63, 3.8) is 0 Å². The van der Waals surface area contributed by atoms with E-state index in [1.807, 2.05) is 0 Å². The fraction of sp³-hybridized carbons (Fsp3) is 0.333. The van der Waals surface area contributed by atoms with Crippen molar-refractivity contribution < 1.29 is 19.1 Å². The minimum atomic E-state index is -0.309. The molecule has 2 amide bonds. The number of ether oxygens (including phenoxy) is 2. The van der Waals surface area contributed by atoms with Gasteiger partial charge in [-0.25, -0.2) is 4.68 Å². The van der Waals surface area contributed by atoms with Gasteiger partial charge in [-0.1, -0.05) is 12.1 Å². The highest BCUT2D eigenvalue weighted by Crippen LogP contribution is 2.28. The number of amides is 2. The van der Waals surface area contributed by atoms with E-state index in [1.165, 1.54) is 18.0 Å². The summed E-state index contributed by atoms with van der Waals surface area (Å²) in [4.78, 5) is 23.4. The SMILES string of the molecule is CCC(=O)Nc1cn(CC(=O)Nc2ccc(OC)cc2OC)nn1. The van der Waals surface area contributed by atoms with Crippen molar-refractivity contribution in [1.29, 1.82) is 0 Å². The van der Waals surface area contributed by atoms with Crippen LogP contribution in [0.15, 0.2) is 24.4 Å². The highest BCUT2D eigenvalue weighted by Gasteiger charge is 2.11. The summed E-state index contributed by atoms with van der Waals surface area (Å²) in [5, 5.41) is 12.9. The number of benzene rings is 1. The molecule has 0 saturated carbocycles. The Bertz CT molecular complexity index is 728. The number of carbonyl (C=O) groups excluding carboxylic acids is 2. The van der Waals surface area contributed by atoms with Crippen LogP contribution in [0.25, 0.3) is 0 Å². The Morgan fingerprint density at radius 3 is 2.62 bits per heavy atom. The largest absolute Gasteiger partial charge is 0.497 e. The second-order valence-electron chi connectivity index (χ2n) is 4.82. The van der Waals surface area contributed by atoms with Crippen LogP contribution in [0.1, 0.15) is 13.3 Å². The Morgan fingerprint density at radius 1 is 1.17 bits per heavy atom. The van der Waals surface area contributed by atoms with Crippen molar-refractivity contribution in [2.45, 2.75) is 19.9 Å². The summed E-state index contributed by atoms with van der Waals surface area (Å²) in [6, 6.07) is 5.07. The van der Waals surface area contributed by atoms with E-state index in [-0.39, 0.29) is 18.4 Å². The molecular weight excluding hydrogens is 314 g/mol. The zero-order chi connectivity index (χ0) is 17.5. The fourth-order valence-corrected chi connectivity index (χ4v) is 1.90. The maximum atomic E-state index is 12.1. The lowest BCUT2D eigenvalue weighted by Gasteiger charge is -2.11. The summed E-state index contributed by atoms with van der Waals surface area (Å²) in [6.07, 6.45) is 1.82. The topological polar surface area (TPSA) is 107 Å². The van der Waals surface area contributed by atoms with Crippen molar-refractivity contribution in [3.8, 4) is 11.5 Å². The van der Waals surface area contributed by atoms with Gasteiger partial charge in [-0.05, 0) is 12.1 Å². The molecule has 0 aliphatic heterocycles. The van der Waals surface area contributed by atoms with E-state index in [9.17, 15) is 9.59 Å². The summed E-state index contributed by atoms with van der Waals surface area (Å²) < 4.78 is 11.7. The molecule has 0 atom stereocenters. The minimum Gasteiger partial charge on any atom is -0.497 e. The first-order valence-corrected chi connectivity index (χ1v) is 7.27. The Labute approximate surface area is 138 Å². The van der Waals surface area contributed by atoms with Crippen molar-refractivity contribution >= 4 is 23.3 Å². The van der Waals surface area contributed by atoms with E-state index < -0.39 is 0 Å². The predicted octanol–water partition coefficient (Wildman–Crippen LogP) is 1.28. The summed E-state index contributed by atoms with van der Waals surface area (Å²) in [6.45, 7) is 1.68. The zero-order valence-corrected chi connectivity index (χ0v) is 13.7. The van der Waals surface area contributed by atoms with E-state index in [4.69, 9.17) is 9.47 Å². The lowest BCUT2D eigenvalue weighted by Crippen LogP contribution is -2.19. The van der Waals surface area contributed by atoms with Crippen molar-refractivity contribution in [1.82, 2.24) is 15.0 Å². The van der Waals surface area contributed by atoms with Gasteiger partial charge in [-0.2, -0.15) is 0 Å². The van der Waals surface area contributed by atoms with Crippen LogP contribution in [0.5, 0.6) is 11.5 Å². The Balaban J connectivity index is 1.99. The van der Waals surface area contributed by atoms with Crippen LogP contribution in [0.2, 0.25) is 0 Å². The lowest BCUT2D eigenvalue weighted by atomic mass is 10.2. The summed E-state index contributed by atoms with van der Waals surface area (Å²) >= 11 is 0. The van der Waals surface area contributed by atoms with E-state index >= 15 is 0 Å². The molecule has 1 aromatic heterocycles. The van der Waals surface area contributed by atoms with E-state index in [0.717, 1.165) is 0 Å². The fourth-order valence-electron chi connectivity index (χ4n) is 1.90. The first-order chi connectivity index (χ1) is 11.5. The van der Waals surface area contributed by atoms with E-state index in [0.29, 0.717) is 29.4 Å². The number of nitrogens with zero attached hydrogens (tertiary/aromatic N) is 3. The van der Waals surface area contributed by atoms with Crippen LogP contribution in [0.3, 0.4) is 0 Å². The van der Waals surface area contributed by atoms with Crippen LogP contribution in [0.4, 0.5) is 11.5 Å². The molecule has 9 heteroatoms. The lowest BCUT2D eigenvalue weighted by molar-refractivity contribution is -0.117. The maximum absolute atomic E-state index is 12.1. The van der Waals surface area contributed by atoms with Gasteiger partial charge in [0.05, 0.1) is 26.1 Å². The number of hydrogen-bond acceptors (Lipinski definition) is 6. The Hall–Kier alpha value is -3.10. The quantitative estimate of drug-likeness (QED) is 0.790. The molecule has 2 N–H and O–H groups in total. The molecule has 0 unspecified atom stereocenters. The van der Waals surface area contributed by atoms with E-state index in [1.54, 1.807) is 32.2 Å². The zero-order valence-electron chi connectivity index (χ0n) is 13.7. The predicted molar refractivity (Wildman–Crippen MR) is 87.1 cm³/mol. The van der Waals surface area contributed by atoms with Crippen molar-refractivity contribution in [3.05, 3.63) is 24.4 Å². The molecule has 0 bridgehead atoms. The average Bonchev–Trinajstić information content (AvgIpc) is 3.01. The first-order valence-electron chi connectivity index (χ1n) is 7.27. The molecule has 0 aliphatic carbocycles. The molecule has 0 fully saturated rings. The molecule has 1 heterocycles. The van der Waals surface area contributed by atoms with Gasteiger partial charge in [0.25, 0.3) is 0 Å². The van der Waals surface area contributed by atoms with Crippen LogP contribution >= 0.6 is 0 Å². The summed E-state index contributed by atoms with van der Waals surface area (Å²) in [5.41, 5.74) is 0.517. The maximum Gasteiger partial charge on any atom is 0.246 e. The van der Waals surface area contributed by atoms with Gasteiger partial charge < -0.3 is 20.1 Å². The second-order valence-corrected chi connectivity index (χ2v) is 4.82. The highest BCUT2D eigenvalue weighted by molar-refractivity contribution is 5.92. The Morgan fingerprint density at radius 2 is 1.96 bits per heavy atom. The standard InChI is InChI=1S/C15H19N5O4/c1-4-14(21)17-13-8-20(19-18-13)9-15(22)16-11-6-5-10(23-2)7-12(11)24-3/h5-8H,4,9H2,1-3H3,(H,16,22)(H,17,21). The van der Waals surface area contributed by atoms with Gasteiger partial charge >= 0.3 is 0 Å². The summed E-state index contributed by atoms with van der Waals surface area (Å²) in [5.74, 6) is 0.928. The van der Waals surface area contributed by atoms with Gasteiger partial charge in [0.1, 0.15) is 18.0 Å². The molecule has 0 spiro atoms. The molecule has 128 valence electrons. The van der Waals surface area contributed by atoms with Crippen LogP contribution in [-0.4, -0.2) is 41.0 Å². The third kappa shape index (κ3) is 4.45. The van der Waals surface area contributed by atoms with Gasteiger partial charge in [0.2, 0.25) is 11.8 Å². The van der Waals surface area contributed by atoms with Gasteiger partial charge in [-0.15, -0.1) is 5.10 Å². The third-order valence-corrected chi connectivity index (χ3v) is 3.12. The molecule has 2 rings (SSSR count). The molecule has 0 aliphatic rings. The van der Waals surface area contributed by atoms with Gasteiger partial charge in [-0.3, -0.25) is 9.59 Å². The second kappa shape index (κ2) is 7.95. The summed E-state index contributed by atoms with van der Waals surface area (Å²) in [7, 11) is 3.05. The monoisotopic (exact) mass is 333 g/mol. The Kier molecular flexibility index (Phi) is 5.72. The van der Waals surface area contributed by atoms with Crippen LogP contribution in [0, 0.1) is 0 Å². The third-order valence-electron chi connectivity index (χ3n) is 3.12. The van der Waals surface area contributed by atoms with Gasteiger partial charge in [0, 0.05) is 12.5 Å². The highest BCUT2D eigenvalue weighted by atomic mass is 16.5. The number of anilines is 2.